The highest BCUT2D eigenvalue weighted by Gasteiger charge is 2.36. The SMILES string of the molecule is COc1cc(Cl)c(Cl)cc1C(=O)N1CCC(N)C(C)(C)C1.Cl. The van der Waals surface area contributed by atoms with Crippen LogP contribution in [-0.2, 0) is 0 Å². The minimum Gasteiger partial charge on any atom is -0.496 e. The van der Waals surface area contributed by atoms with Gasteiger partial charge in [-0.3, -0.25) is 4.79 Å². The van der Waals surface area contributed by atoms with Crippen molar-refractivity contribution < 1.29 is 9.53 Å². The van der Waals surface area contributed by atoms with Gasteiger partial charge in [0.1, 0.15) is 5.75 Å². The molecule has 0 radical (unpaired) electrons. The van der Waals surface area contributed by atoms with Crippen LogP contribution in [0.25, 0.3) is 0 Å². The van der Waals surface area contributed by atoms with E-state index in [4.69, 9.17) is 33.7 Å². The fourth-order valence-corrected chi connectivity index (χ4v) is 2.90. The number of nitrogens with zero attached hydrogens (tertiary/aromatic N) is 1. The molecule has 1 aromatic carbocycles. The maximum absolute atomic E-state index is 12.7. The Morgan fingerprint density at radius 1 is 1.36 bits per heavy atom. The number of carbonyl (C=O) groups is 1. The zero-order valence-corrected chi connectivity index (χ0v) is 15.2. The third-order valence-corrected chi connectivity index (χ3v) is 4.79. The molecule has 124 valence electrons. The number of likely N-dealkylation sites (tertiary alicyclic amines) is 1. The summed E-state index contributed by atoms with van der Waals surface area (Å²) in [4.78, 5) is 14.5. The minimum absolute atomic E-state index is 0. The Kier molecular flexibility index (Phi) is 6.39. The van der Waals surface area contributed by atoms with Gasteiger partial charge in [-0.15, -0.1) is 12.4 Å². The lowest BCUT2D eigenvalue weighted by atomic mass is 9.79. The van der Waals surface area contributed by atoms with E-state index in [9.17, 15) is 4.79 Å². The fraction of sp³-hybridized carbons (Fsp3) is 0.533. The maximum Gasteiger partial charge on any atom is 0.257 e. The highest BCUT2D eigenvalue weighted by molar-refractivity contribution is 6.42. The summed E-state index contributed by atoms with van der Waals surface area (Å²) in [7, 11) is 1.51. The fourth-order valence-electron chi connectivity index (χ4n) is 2.58. The van der Waals surface area contributed by atoms with Crippen molar-refractivity contribution in [3.63, 3.8) is 0 Å². The molecule has 0 aromatic heterocycles. The molecule has 0 saturated carbocycles. The van der Waals surface area contributed by atoms with Gasteiger partial charge in [0, 0.05) is 25.2 Å². The molecule has 0 spiro atoms. The Morgan fingerprint density at radius 3 is 2.50 bits per heavy atom. The highest BCUT2D eigenvalue weighted by Crippen LogP contribution is 2.33. The molecule has 0 aliphatic carbocycles. The summed E-state index contributed by atoms with van der Waals surface area (Å²) in [6, 6.07) is 3.22. The van der Waals surface area contributed by atoms with Gasteiger partial charge < -0.3 is 15.4 Å². The van der Waals surface area contributed by atoms with Crippen LogP contribution in [-0.4, -0.2) is 37.0 Å². The Balaban J connectivity index is 0.00000242. The molecule has 1 fully saturated rings. The van der Waals surface area contributed by atoms with Gasteiger partial charge in [-0.05, 0) is 17.9 Å². The third kappa shape index (κ3) is 3.80. The number of piperidine rings is 1. The number of hydrogen-bond donors (Lipinski definition) is 1. The van der Waals surface area contributed by atoms with Crippen LogP contribution in [0, 0.1) is 5.41 Å². The topological polar surface area (TPSA) is 55.6 Å². The van der Waals surface area contributed by atoms with E-state index in [0.717, 1.165) is 6.42 Å². The number of carbonyl (C=O) groups excluding carboxylic acids is 1. The quantitative estimate of drug-likeness (QED) is 0.868. The minimum atomic E-state index is -0.114. The van der Waals surface area contributed by atoms with Crippen molar-refractivity contribution in [2.75, 3.05) is 20.2 Å². The second-order valence-corrected chi connectivity index (χ2v) is 6.89. The van der Waals surface area contributed by atoms with Gasteiger partial charge in [0.15, 0.2) is 0 Å². The molecule has 0 bridgehead atoms. The lowest BCUT2D eigenvalue weighted by molar-refractivity contribution is 0.0530. The Labute approximate surface area is 147 Å². The molecule has 1 unspecified atom stereocenters. The van der Waals surface area contributed by atoms with Gasteiger partial charge in [0.05, 0.1) is 22.7 Å². The predicted octanol–water partition coefficient (Wildman–Crippen LogP) is 3.62. The number of hydrogen-bond acceptors (Lipinski definition) is 3. The van der Waals surface area contributed by atoms with Crippen LogP contribution in [0.5, 0.6) is 5.75 Å². The standard InChI is InChI=1S/C15H20Cl2N2O2.ClH/c1-15(2)8-19(5-4-13(15)18)14(20)9-6-10(16)11(17)7-12(9)21-3;/h6-7,13H,4-5,8,18H2,1-3H3;1H. The average molecular weight is 368 g/mol. The van der Waals surface area contributed by atoms with Crippen molar-refractivity contribution in [2.45, 2.75) is 26.3 Å². The maximum atomic E-state index is 12.7. The lowest BCUT2D eigenvalue weighted by Crippen LogP contribution is -2.54. The molecular formula is C15H21Cl3N2O2. The molecule has 7 heteroatoms. The largest absolute Gasteiger partial charge is 0.496 e. The summed E-state index contributed by atoms with van der Waals surface area (Å²) in [5.41, 5.74) is 6.43. The van der Waals surface area contributed by atoms with Crippen molar-refractivity contribution >= 4 is 41.5 Å². The van der Waals surface area contributed by atoms with E-state index in [2.05, 4.69) is 13.8 Å². The first kappa shape index (κ1) is 19.4. The Hall–Kier alpha value is -0.680. The van der Waals surface area contributed by atoms with E-state index < -0.39 is 0 Å². The molecule has 22 heavy (non-hydrogen) atoms. The smallest absolute Gasteiger partial charge is 0.257 e. The highest BCUT2D eigenvalue weighted by atomic mass is 35.5. The summed E-state index contributed by atoms with van der Waals surface area (Å²) < 4.78 is 5.25. The molecule has 1 heterocycles. The summed E-state index contributed by atoms with van der Waals surface area (Å²) in [5, 5.41) is 0.708. The molecule has 2 N–H and O–H groups in total. The number of benzene rings is 1. The van der Waals surface area contributed by atoms with Crippen LogP contribution >= 0.6 is 35.6 Å². The van der Waals surface area contributed by atoms with Gasteiger partial charge in [0.2, 0.25) is 0 Å². The second-order valence-electron chi connectivity index (χ2n) is 6.08. The van der Waals surface area contributed by atoms with E-state index in [1.54, 1.807) is 17.0 Å². The summed E-state index contributed by atoms with van der Waals surface area (Å²) in [6.07, 6.45) is 0.780. The van der Waals surface area contributed by atoms with Crippen molar-refractivity contribution in [1.29, 1.82) is 0 Å². The molecular weight excluding hydrogens is 347 g/mol. The van der Waals surface area contributed by atoms with Crippen LogP contribution in [0.15, 0.2) is 12.1 Å². The van der Waals surface area contributed by atoms with Gasteiger partial charge in [0.25, 0.3) is 5.91 Å². The zero-order chi connectivity index (χ0) is 15.8. The van der Waals surface area contributed by atoms with Crippen molar-refractivity contribution in [3.05, 3.63) is 27.7 Å². The van der Waals surface area contributed by atoms with E-state index in [0.29, 0.717) is 34.4 Å². The molecule has 1 aliphatic heterocycles. The number of ether oxygens (including phenoxy) is 1. The number of nitrogens with two attached hydrogens (primary N) is 1. The second kappa shape index (κ2) is 7.26. The van der Waals surface area contributed by atoms with Crippen LogP contribution in [0.2, 0.25) is 10.0 Å². The van der Waals surface area contributed by atoms with E-state index in [1.165, 1.54) is 7.11 Å². The van der Waals surface area contributed by atoms with Crippen LogP contribution < -0.4 is 10.5 Å². The first-order valence-corrected chi connectivity index (χ1v) is 7.59. The molecule has 1 aliphatic rings. The summed E-state index contributed by atoms with van der Waals surface area (Å²) in [6.45, 7) is 5.38. The van der Waals surface area contributed by atoms with Crippen molar-refractivity contribution in [2.24, 2.45) is 11.1 Å². The molecule has 1 amide bonds. The average Bonchev–Trinajstić information content (AvgIpc) is 2.43. The Bertz CT molecular complexity index is 564. The molecule has 1 saturated heterocycles. The number of methoxy groups -OCH3 is 1. The van der Waals surface area contributed by atoms with Gasteiger partial charge in [-0.2, -0.15) is 0 Å². The summed E-state index contributed by atoms with van der Waals surface area (Å²) in [5.74, 6) is 0.326. The molecule has 1 aromatic rings. The van der Waals surface area contributed by atoms with Gasteiger partial charge in [-0.1, -0.05) is 37.0 Å². The first-order valence-electron chi connectivity index (χ1n) is 6.84. The monoisotopic (exact) mass is 366 g/mol. The zero-order valence-electron chi connectivity index (χ0n) is 12.9. The number of halogens is 3. The molecule has 1 atom stereocenters. The third-order valence-electron chi connectivity index (χ3n) is 4.07. The first-order chi connectivity index (χ1) is 9.76. The summed E-state index contributed by atoms with van der Waals surface area (Å²) >= 11 is 12.0. The number of rotatable bonds is 2. The van der Waals surface area contributed by atoms with Crippen LogP contribution in [0.4, 0.5) is 0 Å². The van der Waals surface area contributed by atoms with Crippen LogP contribution in [0.3, 0.4) is 0 Å². The van der Waals surface area contributed by atoms with E-state index in [1.807, 2.05) is 0 Å². The van der Waals surface area contributed by atoms with E-state index >= 15 is 0 Å². The Morgan fingerprint density at radius 2 is 1.95 bits per heavy atom. The van der Waals surface area contributed by atoms with E-state index in [-0.39, 0.29) is 29.8 Å². The predicted molar refractivity (Wildman–Crippen MR) is 92.5 cm³/mol. The van der Waals surface area contributed by atoms with Gasteiger partial charge >= 0.3 is 0 Å². The van der Waals surface area contributed by atoms with Crippen molar-refractivity contribution in [3.8, 4) is 5.75 Å². The van der Waals surface area contributed by atoms with Crippen LogP contribution in [0.1, 0.15) is 30.6 Å². The number of amides is 1. The van der Waals surface area contributed by atoms with Crippen molar-refractivity contribution in [1.82, 2.24) is 4.90 Å². The normalized spacial score (nSPS) is 20.3. The molecule has 2 rings (SSSR count). The molecule has 4 nitrogen and oxygen atoms in total. The lowest BCUT2D eigenvalue weighted by Gasteiger charge is -2.42. The van der Waals surface area contributed by atoms with Gasteiger partial charge in [-0.25, -0.2) is 0 Å².